The molecule has 1 aromatic carbocycles. The summed E-state index contributed by atoms with van der Waals surface area (Å²) in [5, 5.41) is 15.9. The lowest BCUT2D eigenvalue weighted by atomic mass is 9.86. The van der Waals surface area contributed by atoms with Gasteiger partial charge in [0.2, 0.25) is 5.91 Å². The lowest BCUT2D eigenvalue weighted by Gasteiger charge is -2.42. The minimum atomic E-state index is -1.30. The van der Waals surface area contributed by atoms with Crippen LogP contribution in [-0.4, -0.2) is 64.5 Å². The van der Waals surface area contributed by atoms with Crippen molar-refractivity contribution in [3.8, 4) is 0 Å². The molecule has 1 aliphatic rings. The molecule has 1 heterocycles. The van der Waals surface area contributed by atoms with Crippen LogP contribution in [0.25, 0.3) is 0 Å². The molecule has 1 aliphatic heterocycles. The molecule has 1 atom stereocenters. The smallest absolute Gasteiger partial charge is 0.410 e. The van der Waals surface area contributed by atoms with Crippen LogP contribution in [0.1, 0.15) is 72.4 Å². The topological polar surface area (TPSA) is 117 Å². The fourth-order valence-electron chi connectivity index (χ4n) is 3.75. The Hall–Kier alpha value is -2.52. The molecular weight excluding hydrogens is 474 g/mol. The fraction of sp³-hybridized carbons (Fsp3) is 0.640. The fourth-order valence-corrected chi connectivity index (χ4v) is 3.87. The number of carbonyl (C=O) groups excluding carboxylic acids is 3. The largest absolute Gasteiger partial charge is 0.444 e. The predicted octanol–water partition coefficient (Wildman–Crippen LogP) is 4.17. The van der Waals surface area contributed by atoms with Gasteiger partial charge in [-0.3, -0.25) is 4.79 Å². The zero-order valence-electron chi connectivity index (χ0n) is 21.4. The number of carbonyl (C=O) groups is 3. The first-order valence-electron chi connectivity index (χ1n) is 11.8. The van der Waals surface area contributed by atoms with Crippen LogP contribution in [0, 0.1) is 0 Å². The highest BCUT2D eigenvalue weighted by Gasteiger charge is 2.45. The highest BCUT2D eigenvalue weighted by Crippen LogP contribution is 2.27. The highest BCUT2D eigenvalue weighted by atomic mass is 35.5. The number of hydrogen-bond donors (Lipinski definition) is 3. The Kier molecular flexibility index (Phi) is 9.42. The second-order valence-electron chi connectivity index (χ2n) is 10.8. The van der Waals surface area contributed by atoms with Gasteiger partial charge >= 0.3 is 12.2 Å². The van der Waals surface area contributed by atoms with Gasteiger partial charge in [-0.15, -0.1) is 0 Å². The van der Waals surface area contributed by atoms with E-state index < -0.39 is 40.9 Å². The molecule has 10 heteroatoms. The molecule has 0 aliphatic carbocycles. The van der Waals surface area contributed by atoms with Crippen molar-refractivity contribution in [2.24, 2.45) is 0 Å². The number of aliphatic hydroxyl groups is 1. The number of halogens is 1. The maximum atomic E-state index is 13.6. The van der Waals surface area contributed by atoms with E-state index in [4.69, 9.17) is 21.1 Å². The molecule has 0 saturated carbocycles. The number of amides is 3. The molecule has 9 nitrogen and oxygen atoms in total. The minimum Gasteiger partial charge on any atom is -0.444 e. The van der Waals surface area contributed by atoms with Gasteiger partial charge in [-0.2, -0.15) is 0 Å². The summed E-state index contributed by atoms with van der Waals surface area (Å²) in [6.07, 6.45) is -0.570. The molecule has 0 bridgehead atoms. The summed E-state index contributed by atoms with van der Waals surface area (Å²) in [7, 11) is 0. The number of hydrogen-bond acceptors (Lipinski definition) is 6. The van der Waals surface area contributed by atoms with E-state index in [0.717, 1.165) is 5.56 Å². The maximum absolute atomic E-state index is 13.6. The monoisotopic (exact) mass is 511 g/mol. The van der Waals surface area contributed by atoms with E-state index in [1.54, 1.807) is 65.8 Å². The quantitative estimate of drug-likeness (QED) is 0.527. The summed E-state index contributed by atoms with van der Waals surface area (Å²) in [5.41, 5.74) is -1.92. The molecule has 0 spiro atoms. The SMILES string of the molecule is CC(C)(C)OC(=O)NC1(C(=O)N[C@@H](CCO)c2ccc(Cl)cc2)CCN(C(=O)OC(C)(C)C)CC1. The van der Waals surface area contributed by atoms with Crippen LogP contribution < -0.4 is 10.6 Å². The van der Waals surface area contributed by atoms with Crippen LogP contribution in [0.5, 0.6) is 0 Å². The lowest BCUT2D eigenvalue weighted by Crippen LogP contribution is -2.64. The van der Waals surface area contributed by atoms with Crippen LogP contribution in [0.4, 0.5) is 9.59 Å². The van der Waals surface area contributed by atoms with Gasteiger partial charge in [0.25, 0.3) is 0 Å². The molecule has 1 aromatic rings. The number of nitrogens with zero attached hydrogens (tertiary/aromatic N) is 1. The van der Waals surface area contributed by atoms with Gasteiger partial charge in [-0.25, -0.2) is 9.59 Å². The molecule has 3 N–H and O–H groups in total. The van der Waals surface area contributed by atoms with Gasteiger partial charge in [0.1, 0.15) is 16.7 Å². The van der Waals surface area contributed by atoms with E-state index in [-0.39, 0.29) is 39.0 Å². The standard InChI is InChI=1S/C25H38ClN3O6/c1-23(2,3)34-21(32)28-25(12-14-29(15-13-25)22(33)35-24(4,5)6)20(31)27-19(11-16-30)17-7-9-18(26)10-8-17/h7-10,19,30H,11-16H2,1-6H3,(H,27,31)(H,28,32)/t19-/m0/s1. The summed E-state index contributed by atoms with van der Waals surface area (Å²) in [5.74, 6) is -0.416. The summed E-state index contributed by atoms with van der Waals surface area (Å²) >= 11 is 5.99. The van der Waals surface area contributed by atoms with Crippen molar-refractivity contribution >= 4 is 29.7 Å². The average molecular weight is 512 g/mol. The van der Waals surface area contributed by atoms with Crippen LogP contribution in [-0.2, 0) is 14.3 Å². The normalized spacial score (nSPS) is 16.7. The van der Waals surface area contributed by atoms with Crippen molar-refractivity contribution in [2.75, 3.05) is 19.7 Å². The number of ether oxygens (including phenoxy) is 2. The van der Waals surface area contributed by atoms with Crippen molar-refractivity contribution in [1.82, 2.24) is 15.5 Å². The predicted molar refractivity (Wildman–Crippen MR) is 133 cm³/mol. The first-order valence-corrected chi connectivity index (χ1v) is 12.2. The number of alkyl carbamates (subject to hydrolysis) is 1. The van der Waals surface area contributed by atoms with E-state index in [0.29, 0.717) is 5.02 Å². The van der Waals surface area contributed by atoms with E-state index in [1.807, 2.05) is 0 Å². The van der Waals surface area contributed by atoms with Crippen molar-refractivity contribution in [1.29, 1.82) is 0 Å². The van der Waals surface area contributed by atoms with Crippen molar-refractivity contribution < 1.29 is 29.0 Å². The van der Waals surface area contributed by atoms with Gasteiger partial charge in [0, 0.05) is 24.7 Å². The second-order valence-corrected chi connectivity index (χ2v) is 11.2. The van der Waals surface area contributed by atoms with Crippen LogP contribution in [0.3, 0.4) is 0 Å². The molecule has 0 unspecified atom stereocenters. The average Bonchev–Trinajstić information content (AvgIpc) is 2.71. The van der Waals surface area contributed by atoms with Gasteiger partial charge in [-0.1, -0.05) is 23.7 Å². The molecule has 196 valence electrons. The van der Waals surface area contributed by atoms with Crippen molar-refractivity contribution in [2.45, 2.75) is 83.6 Å². The Labute approximate surface area is 212 Å². The number of nitrogens with one attached hydrogen (secondary N) is 2. The van der Waals surface area contributed by atoms with Gasteiger partial charge in [-0.05, 0) is 78.5 Å². The van der Waals surface area contributed by atoms with E-state index in [2.05, 4.69) is 10.6 Å². The summed E-state index contributed by atoms with van der Waals surface area (Å²) in [6.45, 7) is 10.9. The van der Waals surface area contributed by atoms with Gasteiger partial charge in [0.15, 0.2) is 0 Å². The van der Waals surface area contributed by atoms with Crippen molar-refractivity contribution in [3.05, 3.63) is 34.9 Å². The summed E-state index contributed by atoms with van der Waals surface area (Å²) < 4.78 is 10.9. The number of benzene rings is 1. The zero-order chi connectivity index (χ0) is 26.4. The lowest BCUT2D eigenvalue weighted by molar-refractivity contribution is -0.130. The molecule has 35 heavy (non-hydrogen) atoms. The molecular formula is C25H38ClN3O6. The molecule has 1 fully saturated rings. The number of likely N-dealkylation sites (tertiary alicyclic amines) is 1. The third-order valence-corrected chi connectivity index (χ3v) is 5.69. The first-order chi connectivity index (χ1) is 16.1. The Morgan fingerprint density at radius 2 is 1.57 bits per heavy atom. The van der Waals surface area contributed by atoms with E-state index >= 15 is 0 Å². The summed E-state index contributed by atoms with van der Waals surface area (Å²) in [6, 6.07) is 6.48. The molecule has 3 amide bonds. The number of aliphatic hydroxyl groups excluding tert-OH is 1. The number of piperidine rings is 1. The Bertz CT molecular complexity index is 884. The van der Waals surface area contributed by atoms with Gasteiger partial charge in [0.05, 0.1) is 6.04 Å². The molecule has 1 saturated heterocycles. The van der Waals surface area contributed by atoms with E-state index in [1.165, 1.54) is 4.90 Å². The third-order valence-electron chi connectivity index (χ3n) is 5.44. The van der Waals surface area contributed by atoms with Crippen molar-refractivity contribution in [3.63, 3.8) is 0 Å². The summed E-state index contributed by atoms with van der Waals surface area (Å²) in [4.78, 5) is 40.4. The molecule has 0 radical (unpaired) electrons. The minimum absolute atomic E-state index is 0.146. The molecule has 0 aromatic heterocycles. The third kappa shape index (κ3) is 8.89. The highest BCUT2D eigenvalue weighted by molar-refractivity contribution is 6.30. The Balaban J connectivity index is 2.24. The van der Waals surface area contributed by atoms with E-state index in [9.17, 15) is 19.5 Å². The van der Waals surface area contributed by atoms with Crippen LogP contribution in [0.15, 0.2) is 24.3 Å². The Morgan fingerprint density at radius 1 is 1.03 bits per heavy atom. The van der Waals surface area contributed by atoms with Gasteiger partial charge < -0.3 is 30.1 Å². The number of rotatable bonds is 6. The zero-order valence-corrected chi connectivity index (χ0v) is 22.2. The first kappa shape index (κ1) is 28.7. The van der Waals surface area contributed by atoms with Crippen LogP contribution in [0.2, 0.25) is 5.02 Å². The Morgan fingerprint density at radius 3 is 2.06 bits per heavy atom. The second kappa shape index (κ2) is 11.5. The maximum Gasteiger partial charge on any atom is 0.410 e. The molecule has 2 rings (SSSR count). The van der Waals surface area contributed by atoms with Crippen LogP contribution >= 0.6 is 11.6 Å².